The minimum atomic E-state index is 0.489. The SMILES string of the molecule is NCc1cc(-n2cnnc2)cc2c1cnn2PI. The lowest BCUT2D eigenvalue weighted by molar-refractivity contribution is 1.02. The second kappa shape index (κ2) is 4.91. The lowest BCUT2D eigenvalue weighted by Crippen LogP contribution is -2.00. The van der Waals surface area contributed by atoms with E-state index in [1.165, 1.54) is 0 Å². The van der Waals surface area contributed by atoms with Crippen LogP contribution in [0, 0.1) is 0 Å². The number of rotatable bonds is 3. The summed E-state index contributed by atoms with van der Waals surface area (Å²) in [5.41, 5.74) is 8.99. The first-order valence-electron chi connectivity index (χ1n) is 5.26. The molecule has 0 aliphatic rings. The number of benzene rings is 1. The third kappa shape index (κ3) is 1.92. The highest BCUT2D eigenvalue weighted by Crippen LogP contribution is 2.31. The second-order valence-electron chi connectivity index (χ2n) is 3.75. The van der Waals surface area contributed by atoms with Gasteiger partial charge in [-0.1, -0.05) is 0 Å². The van der Waals surface area contributed by atoms with Crippen molar-refractivity contribution in [2.45, 2.75) is 6.54 Å². The van der Waals surface area contributed by atoms with Crippen LogP contribution < -0.4 is 5.73 Å². The van der Waals surface area contributed by atoms with E-state index in [-0.39, 0.29) is 0 Å². The minimum absolute atomic E-state index is 0.489. The molecule has 2 aromatic heterocycles. The molecule has 92 valence electrons. The van der Waals surface area contributed by atoms with Crippen LogP contribution >= 0.6 is 28.4 Å². The van der Waals surface area contributed by atoms with Gasteiger partial charge in [-0.05, 0) is 39.7 Å². The number of aromatic nitrogens is 5. The van der Waals surface area contributed by atoms with Gasteiger partial charge >= 0.3 is 0 Å². The van der Waals surface area contributed by atoms with Gasteiger partial charge in [0, 0.05) is 11.9 Å². The lowest BCUT2D eigenvalue weighted by atomic mass is 10.1. The zero-order valence-electron chi connectivity index (χ0n) is 9.29. The number of fused-ring (bicyclic) bond motifs is 1. The molecule has 18 heavy (non-hydrogen) atoms. The van der Waals surface area contributed by atoms with Crippen molar-refractivity contribution in [2.75, 3.05) is 0 Å². The quantitative estimate of drug-likeness (QED) is 0.563. The number of hydrogen-bond acceptors (Lipinski definition) is 4. The molecule has 1 atom stereocenters. The predicted octanol–water partition coefficient (Wildman–Crippen LogP) is 1.87. The predicted molar refractivity (Wildman–Crippen MR) is 80.3 cm³/mol. The van der Waals surface area contributed by atoms with E-state index in [4.69, 9.17) is 5.73 Å². The summed E-state index contributed by atoms with van der Waals surface area (Å²) in [7, 11) is 0. The Labute approximate surface area is 118 Å². The molecule has 1 unspecified atom stereocenters. The normalized spacial score (nSPS) is 11.9. The molecule has 0 fully saturated rings. The van der Waals surface area contributed by atoms with Crippen LogP contribution in [0.4, 0.5) is 0 Å². The Balaban J connectivity index is 2.28. The molecule has 3 rings (SSSR count). The van der Waals surface area contributed by atoms with Gasteiger partial charge in [-0.15, -0.1) is 10.2 Å². The molecule has 6 nitrogen and oxygen atoms in total. The fourth-order valence-corrected chi connectivity index (χ4v) is 3.43. The third-order valence-electron chi connectivity index (χ3n) is 2.78. The van der Waals surface area contributed by atoms with E-state index in [2.05, 4.69) is 43.4 Å². The Hall–Kier alpha value is -1.05. The number of nitrogens with zero attached hydrogens (tertiary/aromatic N) is 5. The standard InChI is InChI=1S/C10H10IN6P/c11-18-17-10-2-8(16-5-13-14-6-16)1-7(3-12)9(10)4-15-17/h1-2,4-6,18H,3,12H2. The third-order valence-corrected chi connectivity index (χ3v) is 4.66. The van der Waals surface area contributed by atoms with Crippen molar-refractivity contribution in [3.63, 3.8) is 0 Å². The number of nitrogens with two attached hydrogens (primary N) is 1. The zero-order valence-corrected chi connectivity index (χ0v) is 12.4. The Morgan fingerprint density at radius 3 is 2.72 bits per heavy atom. The largest absolute Gasteiger partial charge is 0.326 e. The van der Waals surface area contributed by atoms with Crippen molar-refractivity contribution in [1.82, 2.24) is 24.3 Å². The van der Waals surface area contributed by atoms with Gasteiger partial charge in [0.15, 0.2) is 0 Å². The van der Waals surface area contributed by atoms with Crippen LogP contribution in [0.3, 0.4) is 0 Å². The molecule has 3 aromatic rings. The number of hydrogen-bond donors (Lipinski definition) is 1. The van der Waals surface area contributed by atoms with Gasteiger partial charge in [0.25, 0.3) is 0 Å². The van der Waals surface area contributed by atoms with Crippen molar-refractivity contribution in [1.29, 1.82) is 0 Å². The molecule has 0 saturated carbocycles. The lowest BCUT2D eigenvalue weighted by Gasteiger charge is -2.07. The molecule has 0 saturated heterocycles. The van der Waals surface area contributed by atoms with Crippen LogP contribution in [-0.4, -0.2) is 24.3 Å². The summed E-state index contributed by atoms with van der Waals surface area (Å²) in [4.78, 5) is 0. The highest BCUT2D eigenvalue weighted by atomic mass is 127. The topological polar surface area (TPSA) is 74.6 Å². The van der Waals surface area contributed by atoms with E-state index in [9.17, 15) is 0 Å². The Morgan fingerprint density at radius 2 is 2.06 bits per heavy atom. The maximum atomic E-state index is 5.81. The van der Waals surface area contributed by atoms with Crippen LogP contribution in [0.5, 0.6) is 0 Å². The average Bonchev–Trinajstić information content (AvgIpc) is 3.06. The van der Waals surface area contributed by atoms with Crippen molar-refractivity contribution >= 4 is 39.3 Å². The van der Waals surface area contributed by atoms with Crippen LogP contribution in [0.1, 0.15) is 5.56 Å². The Bertz CT molecular complexity index is 677. The zero-order chi connectivity index (χ0) is 12.5. The molecular formula is C10H10IN6P. The molecule has 2 heterocycles. The highest BCUT2D eigenvalue weighted by molar-refractivity contribution is 14.2. The van der Waals surface area contributed by atoms with E-state index in [1.807, 2.05) is 21.3 Å². The molecule has 0 radical (unpaired) electrons. The van der Waals surface area contributed by atoms with E-state index in [1.54, 1.807) is 12.7 Å². The monoisotopic (exact) mass is 372 g/mol. The molecule has 0 spiro atoms. The van der Waals surface area contributed by atoms with Gasteiger partial charge in [-0.25, -0.2) is 4.45 Å². The fourth-order valence-electron chi connectivity index (χ4n) is 1.90. The van der Waals surface area contributed by atoms with Gasteiger partial charge in [0.1, 0.15) is 12.7 Å². The van der Waals surface area contributed by atoms with E-state index in [0.717, 1.165) is 22.2 Å². The van der Waals surface area contributed by atoms with Gasteiger partial charge in [-0.3, -0.25) is 4.57 Å². The van der Waals surface area contributed by atoms with Gasteiger partial charge in [-0.2, -0.15) is 5.10 Å². The van der Waals surface area contributed by atoms with Crippen molar-refractivity contribution in [2.24, 2.45) is 5.73 Å². The van der Waals surface area contributed by atoms with Crippen LogP contribution in [0.25, 0.3) is 16.6 Å². The van der Waals surface area contributed by atoms with Crippen molar-refractivity contribution < 1.29 is 0 Å². The Morgan fingerprint density at radius 1 is 1.28 bits per heavy atom. The molecule has 0 aliphatic heterocycles. The first kappa shape index (κ1) is 12.0. The molecule has 0 aliphatic carbocycles. The van der Waals surface area contributed by atoms with Crippen LogP contribution in [0.15, 0.2) is 31.0 Å². The van der Waals surface area contributed by atoms with E-state index >= 15 is 0 Å². The second-order valence-corrected chi connectivity index (χ2v) is 5.79. The summed E-state index contributed by atoms with van der Waals surface area (Å²) in [6.07, 6.45) is 5.79. The maximum absolute atomic E-state index is 5.81. The van der Waals surface area contributed by atoms with Crippen LogP contribution in [-0.2, 0) is 6.54 Å². The first-order chi connectivity index (χ1) is 8.83. The van der Waals surface area contributed by atoms with Gasteiger partial charge < -0.3 is 5.73 Å². The first-order valence-corrected chi connectivity index (χ1v) is 9.32. The molecule has 8 heteroatoms. The summed E-state index contributed by atoms with van der Waals surface area (Å²) in [6, 6.07) is 4.13. The van der Waals surface area contributed by atoms with Gasteiger partial charge in [0.05, 0.1) is 23.8 Å². The van der Waals surface area contributed by atoms with E-state index < -0.39 is 0 Å². The summed E-state index contributed by atoms with van der Waals surface area (Å²) in [5, 5.41) is 13.1. The van der Waals surface area contributed by atoms with Crippen molar-refractivity contribution in [3.05, 3.63) is 36.5 Å². The summed E-state index contributed by atoms with van der Waals surface area (Å²) in [5.74, 6) is 0. The molecule has 0 amide bonds. The molecule has 0 bridgehead atoms. The molecule has 2 N–H and O–H groups in total. The average molecular weight is 372 g/mol. The summed E-state index contributed by atoms with van der Waals surface area (Å²) < 4.78 is 3.84. The summed E-state index contributed by atoms with van der Waals surface area (Å²) in [6.45, 7) is 0.489. The minimum Gasteiger partial charge on any atom is -0.326 e. The summed E-state index contributed by atoms with van der Waals surface area (Å²) >= 11 is 2.31. The fraction of sp³-hybridized carbons (Fsp3) is 0.100. The van der Waals surface area contributed by atoms with Crippen LogP contribution in [0.2, 0.25) is 0 Å². The Kier molecular flexibility index (Phi) is 3.27. The maximum Gasteiger partial charge on any atom is 0.123 e. The van der Waals surface area contributed by atoms with Crippen molar-refractivity contribution in [3.8, 4) is 5.69 Å². The van der Waals surface area contributed by atoms with E-state index in [0.29, 0.717) is 12.9 Å². The highest BCUT2D eigenvalue weighted by Gasteiger charge is 2.09. The van der Waals surface area contributed by atoms with Gasteiger partial charge in [0.2, 0.25) is 0 Å². The number of halogens is 1. The molecule has 1 aromatic carbocycles. The molecular weight excluding hydrogens is 362 g/mol. The smallest absolute Gasteiger partial charge is 0.123 e.